The number of rotatable bonds is 3. The quantitative estimate of drug-likeness (QED) is 0.794. The van der Waals surface area contributed by atoms with Crippen LogP contribution >= 0.6 is 0 Å². The molecule has 2 N–H and O–H groups in total. The molecule has 0 radical (unpaired) electrons. The molecule has 100 valence electrons. The summed E-state index contributed by atoms with van der Waals surface area (Å²) in [6.07, 6.45) is 1.89. The van der Waals surface area contributed by atoms with E-state index >= 15 is 0 Å². The molecule has 0 bridgehead atoms. The molecule has 0 spiro atoms. The van der Waals surface area contributed by atoms with Gasteiger partial charge in [0.2, 0.25) is 5.91 Å². The first-order valence-corrected chi connectivity index (χ1v) is 6.75. The molecule has 1 amide bonds. The number of hydrogen-bond acceptors (Lipinski definition) is 2. The lowest BCUT2D eigenvalue weighted by atomic mass is 9.79. The van der Waals surface area contributed by atoms with Crippen molar-refractivity contribution in [3.8, 4) is 0 Å². The molecule has 1 aliphatic rings. The molecule has 1 fully saturated rings. The molecular formula is C14H28N2O. The molecule has 1 saturated heterocycles. The van der Waals surface area contributed by atoms with E-state index in [0.717, 1.165) is 32.5 Å². The lowest BCUT2D eigenvalue weighted by Gasteiger charge is -2.34. The molecule has 1 aliphatic heterocycles. The van der Waals surface area contributed by atoms with E-state index in [2.05, 4.69) is 45.3 Å². The summed E-state index contributed by atoms with van der Waals surface area (Å²) < 4.78 is 0. The number of hydrogen-bond donors (Lipinski definition) is 2. The third-order valence-electron chi connectivity index (χ3n) is 4.30. The Hall–Kier alpha value is -0.570. The summed E-state index contributed by atoms with van der Waals surface area (Å²) in [6.45, 7) is 13.6. The Labute approximate surface area is 106 Å². The Balaban J connectivity index is 2.44. The summed E-state index contributed by atoms with van der Waals surface area (Å²) in [7, 11) is 0. The van der Waals surface area contributed by atoms with Crippen LogP contribution < -0.4 is 10.6 Å². The topological polar surface area (TPSA) is 41.1 Å². The zero-order valence-corrected chi connectivity index (χ0v) is 12.0. The normalized spacial score (nSPS) is 21.9. The van der Waals surface area contributed by atoms with E-state index in [0.29, 0.717) is 5.92 Å². The van der Waals surface area contributed by atoms with Gasteiger partial charge in [-0.25, -0.2) is 0 Å². The fraction of sp³-hybridized carbons (Fsp3) is 0.929. The molecule has 0 aromatic heterocycles. The van der Waals surface area contributed by atoms with Gasteiger partial charge in [-0.05, 0) is 37.3 Å². The predicted molar refractivity (Wildman–Crippen MR) is 71.8 cm³/mol. The standard InChI is InChI=1S/C14H28N2O/c1-11(13(2,3)4)10-16-12(17)14(5)6-8-15-9-7-14/h11,15H,6-10H2,1-5H3,(H,16,17). The number of piperidine rings is 1. The molecule has 3 heteroatoms. The number of nitrogens with one attached hydrogen (secondary N) is 2. The second-order valence-corrected chi connectivity index (χ2v) is 6.79. The van der Waals surface area contributed by atoms with Crippen molar-refractivity contribution in [3.63, 3.8) is 0 Å². The summed E-state index contributed by atoms with van der Waals surface area (Å²) in [5.74, 6) is 0.729. The third kappa shape index (κ3) is 3.98. The minimum atomic E-state index is -0.164. The smallest absolute Gasteiger partial charge is 0.226 e. The highest BCUT2D eigenvalue weighted by Crippen LogP contribution is 2.29. The zero-order chi connectivity index (χ0) is 13.1. The zero-order valence-electron chi connectivity index (χ0n) is 12.0. The van der Waals surface area contributed by atoms with Crippen molar-refractivity contribution in [3.05, 3.63) is 0 Å². The molecule has 17 heavy (non-hydrogen) atoms. The van der Waals surface area contributed by atoms with E-state index in [4.69, 9.17) is 0 Å². The summed E-state index contributed by atoms with van der Waals surface area (Å²) in [4.78, 5) is 12.2. The van der Waals surface area contributed by atoms with Crippen LogP contribution in [0.4, 0.5) is 0 Å². The fourth-order valence-corrected chi connectivity index (χ4v) is 1.97. The first-order valence-electron chi connectivity index (χ1n) is 6.75. The van der Waals surface area contributed by atoms with Crippen molar-refractivity contribution in [1.29, 1.82) is 0 Å². The SMILES string of the molecule is CC(CNC(=O)C1(C)CCNCC1)C(C)(C)C. The van der Waals surface area contributed by atoms with Crippen LogP contribution in [0.2, 0.25) is 0 Å². The molecule has 1 rings (SSSR count). The summed E-state index contributed by atoms with van der Waals surface area (Å²) in [6, 6.07) is 0. The average molecular weight is 240 g/mol. The van der Waals surface area contributed by atoms with Crippen LogP contribution in [-0.4, -0.2) is 25.5 Å². The van der Waals surface area contributed by atoms with Crippen molar-refractivity contribution >= 4 is 5.91 Å². The maximum Gasteiger partial charge on any atom is 0.226 e. The van der Waals surface area contributed by atoms with E-state index in [1.165, 1.54) is 0 Å². The third-order valence-corrected chi connectivity index (χ3v) is 4.30. The van der Waals surface area contributed by atoms with Crippen molar-refractivity contribution < 1.29 is 4.79 Å². The van der Waals surface area contributed by atoms with E-state index in [1.807, 2.05) is 0 Å². The second-order valence-electron chi connectivity index (χ2n) is 6.79. The lowest BCUT2D eigenvalue weighted by Crippen LogP contribution is -2.47. The Kier molecular flexibility index (Phi) is 4.59. The van der Waals surface area contributed by atoms with Gasteiger partial charge >= 0.3 is 0 Å². The van der Waals surface area contributed by atoms with Crippen molar-refractivity contribution in [2.24, 2.45) is 16.7 Å². The number of amides is 1. The molecular weight excluding hydrogens is 212 g/mol. The molecule has 0 aromatic rings. The van der Waals surface area contributed by atoms with Gasteiger partial charge in [0.05, 0.1) is 0 Å². The Morgan fingerprint density at radius 1 is 1.35 bits per heavy atom. The van der Waals surface area contributed by atoms with Crippen LogP contribution in [0.5, 0.6) is 0 Å². The van der Waals surface area contributed by atoms with Crippen LogP contribution in [0.1, 0.15) is 47.5 Å². The molecule has 1 unspecified atom stereocenters. The van der Waals surface area contributed by atoms with Gasteiger partial charge in [-0.15, -0.1) is 0 Å². The van der Waals surface area contributed by atoms with Crippen LogP contribution in [0, 0.1) is 16.7 Å². The predicted octanol–water partition coefficient (Wildman–Crippen LogP) is 2.17. The minimum absolute atomic E-state index is 0.164. The molecule has 1 atom stereocenters. The average Bonchev–Trinajstić information content (AvgIpc) is 2.25. The molecule has 0 aromatic carbocycles. The van der Waals surface area contributed by atoms with Gasteiger partial charge in [0, 0.05) is 12.0 Å². The van der Waals surface area contributed by atoms with Gasteiger partial charge in [-0.2, -0.15) is 0 Å². The van der Waals surface area contributed by atoms with Gasteiger partial charge in [-0.3, -0.25) is 4.79 Å². The van der Waals surface area contributed by atoms with Crippen LogP contribution in [0.15, 0.2) is 0 Å². The highest BCUT2D eigenvalue weighted by atomic mass is 16.2. The van der Waals surface area contributed by atoms with E-state index < -0.39 is 0 Å². The summed E-state index contributed by atoms with van der Waals surface area (Å²) in [5.41, 5.74) is 0.0885. The number of carbonyl (C=O) groups is 1. The second kappa shape index (κ2) is 5.38. The molecule has 0 saturated carbocycles. The summed E-state index contributed by atoms with van der Waals surface area (Å²) in [5, 5.41) is 6.44. The molecule has 0 aliphatic carbocycles. The minimum Gasteiger partial charge on any atom is -0.355 e. The Morgan fingerprint density at radius 3 is 2.35 bits per heavy atom. The van der Waals surface area contributed by atoms with E-state index in [1.54, 1.807) is 0 Å². The summed E-state index contributed by atoms with van der Waals surface area (Å²) >= 11 is 0. The highest BCUT2D eigenvalue weighted by molar-refractivity contribution is 5.82. The first-order chi connectivity index (χ1) is 7.76. The number of carbonyl (C=O) groups excluding carboxylic acids is 1. The van der Waals surface area contributed by atoms with Crippen molar-refractivity contribution in [2.45, 2.75) is 47.5 Å². The van der Waals surface area contributed by atoms with E-state index in [-0.39, 0.29) is 16.7 Å². The Bertz CT molecular complexity index is 262. The van der Waals surface area contributed by atoms with E-state index in [9.17, 15) is 4.79 Å². The van der Waals surface area contributed by atoms with Gasteiger partial charge in [0.1, 0.15) is 0 Å². The maximum atomic E-state index is 12.2. The van der Waals surface area contributed by atoms with Gasteiger partial charge in [0.15, 0.2) is 0 Å². The maximum absolute atomic E-state index is 12.2. The molecule has 1 heterocycles. The van der Waals surface area contributed by atoms with Crippen LogP contribution in [0.25, 0.3) is 0 Å². The van der Waals surface area contributed by atoms with Gasteiger partial charge in [-0.1, -0.05) is 34.6 Å². The van der Waals surface area contributed by atoms with Crippen molar-refractivity contribution in [2.75, 3.05) is 19.6 Å². The lowest BCUT2D eigenvalue weighted by molar-refractivity contribution is -0.131. The molecule has 3 nitrogen and oxygen atoms in total. The fourth-order valence-electron chi connectivity index (χ4n) is 1.97. The first kappa shape index (κ1) is 14.5. The largest absolute Gasteiger partial charge is 0.355 e. The van der Waals surface area contributed by atoms with Crippen LogP contribution in [-0.2, 0) is 4.79 Å². The Morgan fingerprint density at radius 2 is 1.88 bits per heavy atom. The highest BCUT2D eigenvalue weighted by Gasteiger charge is 2.34. The monoisotopic (exact) mass is 240 g/mol. The van der Waals surface area contributed by atoms with Crippen LogP contribution in [0.3, 0.4) is 0 Å². The van der Waals surface area contributed by atoms with Gasteiger partial charge in [0.25, 0.3) is 0 Å². The van der Waals surface area contributed by atoms with Gasteiger partial charge < -0.3 is 10.6 Å². The van der Waals surface area contributed by atoms with Crippen molar-refractivity contribution in [1.82, 2.24) is 10.6 Å².